The van der Waals surface area contributed by atoms with Crippen LogP contribution in [0.25, 0.3) is 0 Å². The summed E-state index contributed by atoms with van der Waals surface area (Å²) in [6, 6.07) is 0. The van der Waals surface area contributed by atoms with Crippen LogP contribution in [0.3, 0.4) is 0 Å². The lowest BCUT2D eigenvalue weighted by Crippen LogP contribution is -2.57. The maximum absolute atomic E-state index is 11.7. The molecule has 38 heavy (non-hydrogen) atoms. The highest BCUT2D eigenvalue weighted by atomic mass is 79.9. The summed E-state index contributed by atoms with van der Waals surface area (Å²) in [5.74, 6) is 0. The van der Waals surface area contributed by atoms with E-state index in [1.165, 1.54) is 0 Å². The zero-order chi connectivity index (χ0) is 28.4. The molecule has 0 bridgehead atoms. The first kappa shape index (κ1) is 31.7. The lowest BCUT2D eigenvalue weighted by molar-refractivity contribution is -0.261. The van der Waals surface area contributed by atoms with E-state index in [1.807, 2.05) is 13.8 Å². The summed E-state index contributed by atoms with van der Waals surface area (Å²) in [6.45, 7) is 16.6. The summed E-state index contributed by atoms with van der Waals surface area (Å²) in [5.41, 5.74) is -3.30. The Morgan fingerprint density at radius 2 is 1.32 bits per heavy atom. The minimum Gasteiger partial charge on any atom is -0.390 e. The molecule has 1 unspecified atom stereocenters. The molecule has 0 saturated carbocycles. The zero-order valence-corrected chi connectivity index (χ0v) is 28.0. The molecule has 0 aliphatic carbocycles. The molecule has 0 amide bonds. The third-order valence-corrected chi connectivity index (χ3v) is 13.0. The first-order chi connectivity index (χ1) is 17.3. The second-order valence-corrected chi connectivity index (χ2v) is 17.0. The highest BCUT2D eigenvalue weighted by molar-refractivity contribution is 9.09. The van der Waals surface area contributed by atoms with Crippen LogP contribution in [0.2, 0.25) is 0 Å². The molecular formula is C30H52Br2O6. The van der Waals surface area contributed by atoms with Gasteiger partial charge in [-0.2, -0.15) is 0 Å². The molecule has 6 nitrogen and oxygen atoms in total. The average molecular weight is 669 g/mol. The van der Waals surface area contributed by atoms with Gasteiger partial charge in [0.15, 0.2) is 0 Å². The fourth-order valence-corrected chi connectivity index (χ4v) is 8.31. The van der Waals surface area contributed by atoms with Gasteiger partial charge in [0, 0.05) is 16.1 Å². The van der Waals surface area contributed by atoms with Gasteiger partial charge in [-0.25, -0.2) is 0 Å². The second-order valence-electron chi connectivity index (χ2n) is 14.8. The molecule has 8 heteroatoms. The van der Waals surface area contributed by atoms with Gasteiger partial charge in [0.05, 0.1) is 58.0 Å². The van der Waals surface area contributed by atoms with Crippen molar-refractivity contribution in [1.82, 2.24) is 0 Å². The van der Waals surface area contributed by atoms with Crippen molar-refractivity contribution in [3.05, 3.63) is 0 Å². The Labute approximate surface area is 247 Å². The van der Waals surface area contributed by atoms with Gasteiger partial charge in [0.25, 0.3) is 0 Å². The maximum Gasteiger partial charge on any atom is 0.0921 e. The van der Waals surface area contributed by atoms with Crippen molar-refractivity contribution in [1.29, 1.82) is 0 Å². The van der Waals surface area contributed by atoms with Crippen molar-refractivity contribution in [3.63, 3.8) is 0 Å². The standard InChI is InChI=1S/C30H52Br2O6/c1-25(2)20(31)12-15-29(7)24(36-25)13-16-30(8)23(38-29)10-9-22(37-30)28(6,34)14-11-19-17-27(5,33)18-21(32)26(3,4)35-19/h19-24,33-34H,9-18H2,1-8H3/t19-,20+,21+,22+,23-,24+,27+,28?,29+,30+/m0/s1. The molecule has 4 rings (SSSR count). The predicted molar refractivity (Wildman–Crippen MR) is 157 cm³/mol. The molecule has 0 radical (unpaired) electrons. The minimum atomic E-state index is -1.00. The van der Waals surface area contributed by atoms with E-state index in [1.54, 1.807) is 0 Å². The smallest absolute Gasteiger partial charge is 0.0921 e. The Morgan fingerprint density at radius 1 is 0.737 bits per heavy atom. The summed E-state index contributed by atoms with van der Waals surface area (Å²) in [6.07, 6.45) is 7.23. The first-order valence-corrected chi connectivity index (χ1v) is 16.5. The average Bonchev–Trinajstić information content (AvgIpc) is 2.98. The third-order valence-electron chi connectivity index (χ3n) is 10.1. The van der Waals surface area contributed by atoms with E-state index in [0.29, 0.717) is 30.5 Å². The van der Waals surface area contributed by atoms with E-state index >= 15 is 0 Å². The SMILES string of the molecule is CC(O)(CC[C@H]1C[C@@](C)(O)C[C@@H](Br)C(C)(C)O1)[C@H]1CC[C@@H]2O[C@]3(C)CC[C@@H](Br)C(C)(C)O[C@@H]3CC[C@@]2(C)O1. The molecule has 4 saturated heterocycles. The predicted octanol–water partition coefficient (Wildman–Crippen LogP) is 6.59. The first-order valence-electron chi connectivity index (χ1n) is 14.7. The van der Waals surface area contributed by atoms with Crippen molar-refractivity contribution in [2.45, 2.75) is 187 Å². The van der Waals surface area contributed by atoms with Crippen LogP contribution in [0.15, 0.2) is 0 Å². The summed E-state index contributed by atoms with van der Waals surface area (Å²) in [7, 11) is 0. The molecule has 10 atom stereocenters. The van der Waals surface area contributed by atoms with Gasteiger partial charge in [-0.1, -0.05) is 31.9 Å². The van der Waals surface area contributed by atoms with Crippen molar-refractivity contribution >= 4 is 31.9 Å². The van der Waals surface area contributed by atoms with Crippen LogP contribution in [-0.2, 0) is 18.9 Å². The van der Waals surface area contributed by atoms with Crippen LogP contribution in [-0.4, -0.2) is 77.9 Å². The number of fused-ring (bicyclic) bond motifs is 2. The molecule has 4 fully saturated rings. The lowest BCUT2D eigenvalue weighted by Gasteiger charge is -2.49. The third kappa shape index (κ3) is 6.68. The van der Waals surface area contributed by atoms with E-state index in [9.17, 15) is 10.2 Å². The quantitative estimate of drug-likeness (QED) is 0.330. The van der Waals surface area contributed by atoms with Gasteiger partial charge in [-0.15, -0.1) is 0 Å². The van der Waals surface area contributed by atoms with E-state index in [0.717, 1.165) is 38.5 Å². The Kier molecular flexibility index (Phi) is 8.97. The molecule has 0 aromatic rings. The highest BCUT2D eigenvalue weighted by Gasteiger charge is 2.55. The number of rotatable bonds is 4. The molecule has 2 N–H and O–H groups in total. The van der Waals surface area contributed by atoms with Gasteiger partial charge in [0.2, 0.25) is 0 Å². The van der Waals surface area contributed by atoms with E-state index in [4.69, 9.17) is 18.9 Å². The number of alkyl halides is 2. The van der Waals surface area contributed by atoms with Crippen LogP contribution in [0.4, 0.5) is 0 Å². The lowest BCUT2D eigenvalue weighted by atomic mass is 9.80. The van der Waals surface area contributed by atoms with Crippen molar-refractivity contribution in [2.75, 3.05) is 0 Å². The summed E-state index contributed by atoms with van der Waals surface area (Å²) in [5, 5.41) is 22.6. The molecule has 0 spiro atoms. The highest BCUT2D eigenvalue weighted by Crippen LogP contribution is 2.49. The topological polar surface area (TPSA) is 77.4 Å². The molecule has 4 aliphatic rings. The van der Waals surface area contributed by atoms with Crippen LogP contribution in [0.1, 0.15) is 120 Å². The number of ether oxygens (including phenoxy) is 4. The van der Waals surface area contributed by atoms with Crippen molar-refractivity contribution in [3.8, 4) is 0 Å². The van der Waals surface area contributed by atoms with Gasteiger partial charge < -0.3 is 29.2 Å². The van der Waals surface area contributed by atoms with Crippen molar-refractivity contribution in [2.24, 2.45) is 0 Å². The monoisotopic (exact) mass is 666 g/mol. The summed E-state index contributed by atoms with van der Waals surface area (Å²) < 4.78 is 26.9. The van der Waals surface area contributed by atoms with E-state index < -0.39 is 22.4 Å². The van der Waals surface area contributed by atoms with Crippen LogP contribution in [0.5, 0.6) is 0 Å². The fourth-order valence-electron chi connectivity index (χ4n) is 7.16. The Balaban J connectivity index is 1.43. The van der Waals surface area contributed by atoms with Gasteiger partial charge in [0.1, 0.15) is 0 Å². The van der Waals surface area contributed by atoms with Crippen LogP contribution in [0, 0.1) is 0 Å². The van der Waals surface area contributed by atoms with Gasteiger partial charge >= 0.3 is 0 Å². The zero-order valence-electron chi connectivity index (χ0n) is 24.8. The maximum atomic E-state index is 11.7. The van der Waals surface area contributed by atoms with Crippen LogP contribution < -0.4 is 0 Å². The van der Waals surface area contributed by atoms with Gasteiger partial charge in [-0.3, -0.25) is 0 Å². The Hall–Kier alpha value is 0.720. The number of aliphatic hydroxyl groups is 2. The van der Waals surface area contributed by atoms with Crippen molar-refractivity contribution < 1.29 is 29.2 Å². The summed E-state index contributed by atoms with van der Waals surface area (Å²) >= 11 is 7.57. The number of hydrogen-bond donors (Lipinski definition) is 2. The minimum absolute atomic E-state index is 0.00632. The molecule has 4 heterocycles. The Bertz CT molecular complexity index is 847. The second kappa shape index (κ2) is 10.8. The van der Waals surface area contributed by atoms with Gasteiger partial charge in [-0.05, 0) is 113 Å². The molecule has 0 aromatic heterocycles. The molecular weight excluding hydrogens is 616 g/mol. The largest absolute Gasteiger partial charge is 0.390 e. The summed E-state index contributed by atoms with van der Waals surface area (Å²) in [4.78, 5) is 0.358. The van der Waals surface area contributed by atoms with Crippen LogP contribution >= 0.6 is 31.9 Å². The number of halogens is 2. The Morgan fingerprint density at radius 3 is 2.00 bits per heavy atom. The molecule has 4 aliphatic heterocycles. The number of hydrogen-bond acceptors (Lipinski definition) is 6. The normalized spacial score (nSPS) is 48.9. The fraction of sp³-hybridized carbons (Fsp3) is 1.00. The van der Waals surface area contributed by atoms with E-state index in [2.05, 4.69) is 73.4 Å². The molecule has 0 aromatic carbocycles. The molecule has 222 valence electrons. The van der Waals surface area contributed by atoms with E-state index in [-0.39, 0.29) is 40.4 Å².